The quantitative estimate of drug-likeness (QED) is 0.877. The Morgan fingerprint density at radius 2 is 2.17 bits per heavy atom. The minimum absolute atomic E-state index is 0.0734. The number of nitrogens with zero attached hydrogens (tertiary/aromatic N) is 1. The van der Waals surface area contributed by atoms with E-state index in [0.29, 0.717) is 17.6 Å². The van der Waals surface area contributed by atoms with Gasteiger partial charge in [-0.15, -0.1) is 0 Å². The fourth-order valence-electron chi connectivity index (χ4n) is 2.99. The Morgan fingerprint density at radius 1 is 1.38 bits per heavy atom. The number of oxazole rings is 1. The van der Waals surface area contributed by atoms with Crippen molar-refractivity contribution in [2.45, 2.75) is 51.7 Å². The van der Waals surface area contributed by atoms with Gasteiger partial charge < -0.3 is 14.5 Å². The number of hydrogen-bond acceptors (Lipinski definition) is 4. The molecule has 3 rings (SSSR count). The minimum Gasteiger partial charge on any atom is -0.443 e. The molecule has 0 spiro atoms. The van der Waals surface area contributed by atoms with Crippen LogP contribution >= 0.6 is 0 Å². The number of nitrogens with one attached hydrogen (secondary N) is 1. The number of carbonyl (C=O) groups excluding carboxylic acids is 1. The zero-order valence-corrected chi connectivity index (χ0v) is 14.2. The Bertz CT molecular complexity index is 672. The summed E-state index contributed by atoms with van der Waals surface area (Å²) in [6.45, 7) is 4.90. The van der Waals surface area contributed by atoms with Gasteiger partial charge in [0.05, 0.1) is 6.10 Å². The molecule has 1 N–H and O–H groups in total. The zero-order valence-electron chi connectivity index (χ0n) is 14.2. The Kier molecular flexibility index (Phi) is 5.30. The summed E-state index contributed by atoms with van der Waals surface area (Å²) in [4.78, 5) is 16.6. The van der Waals surface area contributed by atoms with Gasteiger partial charge in [0.25, 0.3) is 5.91 Å². The van der Waals surface area contributed by atoms with Gasteiger partial charge in [0.2, 0.25) is 0 Å². The molecule has 24 heavy (non-hydrogen) atoms. The van der Waals surface area contributed by atoms with E-state index in [-0.39, 0.29) is 11.9 Å². The van der Waals surface area contributed by atoms with Crippen LogP contribution < -0.4 is 5.32 Å². The SMILES string of the molecule is Cc1ccc(-c2ocnc2C(=O)N[C@@H](C)CC[C@H]2CCCO2)cc1. The molecule has 1 aliphatic heterocycles. The van der Waals surface area contributed by atoms with Gasteiger partial charge in [-0.05, 0) is 39.5 Å². The average Bonchev–Trinajstić information content (AvgIpc) is 3.25. The van der Waals surface area contributed by atoms with E-state index in [1.165, 1.54) is 6.39 Å². The summed E-state index contributed by atoms with van der Waals surface area (Å²) >= 11 is 0. The molecule has 2 heterocycles. The van der Waals surface area contributed by atoms with E-state index in [2.05, 4.69) is 10.3 Å². The van der Waals surface area contributed by atoms with Crippen molar-refractivity contribution in [3.63, 3.8) is 0 Å². The highest BCUT2D eigenvalue weighted by Crippen LogP contribution is 2.24. The molecule has 1 aliphatic rings. The second-order valence-corrected chi connectivity index (χ2v) is 6.48. The second-order valence-electron chi connectivity index (χ2n) is 6.48. The Labute approximate surface area is 142 Å². The molecule has 128 valence electrons. The maximum absolute atomic E-state index is 12.5. The minimum atomic E-state index is -0.195. The maximum Gasteiger partial charge on any atom is 0.274 e. The summed E-state index contributed by atoms with van der Waals surface area (Å²) in [6, 6.07) is 7.93. The van der Waals surface area contributed by atoms with Crippen LogP contribution in [0.2, 0.25) is 0 Å². The number of aromatic nitrogens is 1. The van der Waals surface area contributed by atoms with Crippen molar-refractivity contribution in [3.05, 3.63) is 41.9 Å². The first-order valence-electron chi connectivity index (χ1n) is 8.56. The van der Waals surface area contributed by atoms with Crippen LogP contribution in [-0.2, 0) is 4.74 Å². The van der Waals surface area contributed by atoms with Crippen molar-refractivity contribution in [3.8, 4) is 11.3 Å². The summed E-state index contributed by atoms with van der Waals surface area (Å²) in [6.07, 6.45) is 5.81. The maximum atomic E-state index is 12.5. The first kappa shape index (κ1) is 16.7. The number of benzene rings is 1. The molecule has 0 aliphatic carbocycles. The lowest BCUT2D eigenvalue weighted by Crippen LogP contribution is -2.33. The third-order valence-corrected chi connectivity index (χ3v) is 4.42. The molecule has 1 fully saturated rings. The Morgan fingerprint density at radius 3 is 2.88 bits per heavy atom. The molecule has 5 heteroatoms. The molecular formula is C19H24N2O3. The van der Waals surface area contributed by atoms with Gasteiger partial charge in [-0.3, -0.25) is 4.79 Å². The normalized spacial score (nSPS) is 18.5. The van der Waals surface area contributed by atoms with Gasteiger partial charge in [-0.25, -0.2) is 4.98 Å². The van der Waals surface area contributed by atoms with Crippen LogP contribution in [0.4, 0.5) is 0 Å². The van der Waals surface area contributed by atoms with Gasteiger partial charge in [-0.2, -0.15) is 0 Å². The van der Waals surface area contributed by atoms with Gasteiger partial charge in [0, 0.05) is 18.2 Å². The summed E-state index contributed by atoms with van der Waals surface area (Å²) in [7, 11) is 0. The molecule has 1 saturated heterocycles. The van der Waals surface area contributed by atoms with Crippen LogP contribution in [0.15, 0.2) is 35.1 Å². The van der Waals surface area contributed by atoms with E-state index in [1.54, 1.807) is 0 Å². The number of ether oxygens (including phenoxy) is 1. The third-order valence-electron chi connectivity index (χ3n) is 4.42. The Hall–Kier alpha value is -2.14. The van der Waals surface area contributed by atoms with E-state index in [1.807, 2.05) is 38.1 Å². The lowest BCUT2D eigenvalue weighted by Gasteiger charge is -2.16. The molecule has 5 nitrogen and oxygen atoms in total. The van der Waals surface area contributed by atoms with E-state index >= 15 is 0 Å². The number of hydrogen-bond donors (Lipinski definition) is 1. The van der Waals surface area contributed by atoms with E-state index in [0.717, 1.165) is 43.4 Å². The van der Waals surface area contributed by atoms with Crippen LogP contribution in [0.3, 0.4) is 0 Å². The van der Waals surface area contributed by atoms with Crippen LogP contribution in [0, 0.1) is 6.92 Å². The summed E-state index contributed by atoms with van der Waals surface area (Å²) in [5, 5.41) is 3.01. The molecule has 1 amide bonds. The van der Waals surface area contributed by atoms with Crippen LogP contribution in [0.25, 0.3) is 11.3 Å². The highest BCUT2D eigenvalue weighted by atomic mass is 16.5. The lowest BCUT2D eigenvalue weighted by atomic mass is 10.1. The number of carbonyl (C=O) groups is 1. The fraction of sp³-hybridized carbons (Fsp3) is 0.474. The average molecular weight is 328 g/mol. The van der Waals surface area contributed by atoms with Crippen molar-refractivity contribution in [1.29, 1.82) is 0 Å². The van der Waals surface area contributed by atoms with Crippen molar-refractivity contribution in [2.24, 2.45) is 0 Å². The number of amides is 1. The molecule has 1 aromatic carbocycles. The smallest absolute Gasteiger partial charge is 0.274 e. The van der Waals surface area contributed by atoms with Crippen LogP contribution in [-0.4, -0.2) is 29.6 Å². The molecule has 0 unspecified atom stereocenters. The molecule has 2 atom stereocenters. The number of aryl methyl sites for hydroxylation is 1. The topological polar surface area (TPSA) is 64.4 Å². The van der Waals surface area contributed by atoms with Crippen LogP contribution in [0.1, 0.15) is 48.7 Å². The van der Waals surface area contributed by atoms with Crippen molar-refractivity contribution >= 4 is 5.91 Å². The molecular weight excluding hydrogens is 304 g/mol. The zero-order chi connectivity index (χ0) is 16.9. The standard InChI is InChI=1S/C19H24N2O3/c1-13-5-8-15(9-6-13)18-17(20-12-24-18)19(22)21-14(2)7-10-16-4-3-11-23-16/h5-6,8-9,12,14,16H,3-4,7,10-11H2,1-2H3,(H,21,22)/t14-,16+/m0/s1. The van der Waals surface area contributed by atoms with Gasteiger partial charge in [0.1, 0.15) is 0 Å². The van der Waals surface area contributed by atoms with E-state index < -0.39 is 0 Å². The van der Waals surface area contributed by atoms with Crippen molar-refractivity contribution in [2.75, 3.05) is 6.61 Å². The monoisotopic (exact) mass is 328 g/mol. The number of rotatable bonds is 6. The second kappa shape index (κ2) is 7.62. The van der Waals surface area contributed by atoms with Crippen molar-refractivity contribution < 1.29 is 13.9 Å². The molecule has 0 bridgehead atoms. The van der Waals surface area contributed by atoms with Crippen molar-refractivity contribution in [1.82, 2.24) is 10.3 Å². The molecule has 1 aromatic heterocycles. The fourth-order valence-corrected chi connectivity index (χ4v) is 2.99. The third kappa shape index (κ3) is 4.03. The van der Waals surface area contributed by atoms with E-state index in [9.17, 15) is 4.79 Å². The largest absolute Gasteiger partial charge is 0.443 e. The van der Waals surface area contributed by atoms with Gasteiger partial charge in [0.15, 0.2) is 17.8 Å². The highest BCUT2D eigenvalue weighted by Gasteiger charge is 2.21. The van der Waals surface area contributed by atoms with Gasteiger partial charge in [-0.1, -0.05) is 29.8 Å². The molecule has 2 aromatic rings. The highest BCUT2D eigenvalue weighted by molar-refractivity contribution is 5.97. The summed E-state index contributed by atoms with van der Waals surface area (Å²) < 4.78 is 11.1. The first-order valence-corrected chi connectivity index (χ1v) is 8.56. The predicted octanol–water partition coefficient (Wildman–Crippen LogP) is 3.73. The lowest BCUT2D eigenvalue weighted by molar-refractivity contribution is 0.0896. The molecule has 0 radical (unpaired) electrons. The van der Waals surface area contributed by atoms with E-state index in [4.69, 9.17) is 9.15 Å². The first-order chi connectivity index (χ1) is 11.6. The van der Waals surface area contributed by atoms with Crippen LogP contribution in [0.5, 0.6) is 0 Å². The van der Waals surface area contributed by atoms with Gasteiger partial charge >= 0.3 is 0 Å². The molecule has 0 saturated carbocycles. The Balaban J connectivity index is 1.60. The summed E-state index contributed by atoms with van der Waals surface area (Å²) in [5.74, 6) is 0.318. The summed E-state index contributed by atoms with van der Waals surface area (Å²) in [5.41, 5.74) is 2.35. The predicted molar refractivity (Wildman–Crippen MR) is 91.8 cm³/mol.